The molecule has 7 nitrogen and oxygen atoms in total. The summed E-state index contributed by atoms with van der Waals surface area (Å²) in [6.07, 6.45) is 3.47. The average Bonchev–Trinajstić information content (AvgIpc) is 3.18. The van der Waals surface area contributed by atoms with E-state index in [4.69, 9.17) is 4.74 Å². The van der Waals surface area contributed by atoms with Gasteiger partial charge in [0.15, 0.2) is 0 Å². The highest BCUT2D eigenvalue weighted by molar-refractivity contribution is 7.90. The number of aromatic nitrogens is 3. The van der Waals surface area contributed by atoms with Gasteiger partial charge in [-0.1, -0.05) is 0 Å². The number of imidazole rings is 1. The minimum absolute atomic E-state index is 0.0769. The van der Waals surface area contributed by atoms with Crippen molar-refractivity contribution in [3.8, 4) is 0 Å². The monoisotopic (exact) mass is 408 g/mol. The first kappa shape index (κ1) is 20.5. The zero-order chi connectivity index (χ0) is 20.3. The normalized spacial score (nSPS) is 12.3. The number of sulfone groups is 1. The lowest BCUT2D eigenvalue weighted by Gasteiger charge is -2.18. The molecule has 2 aromatic heterocycles. The number of rotatable bonds is 9. The van der Waals surface area contributed by atoms with Gasteiger partial charge in [-0.2, -0.15) is 0 Å². The number of halogens is 1. The molecule has 0 unspecified atom stereocenters. The molecule has 1 N–H and O–H groups in total. The highest BCUT2D eigenvalue weighted by atomic mass is 32.2. The number of methoxy groups -OCH3 is 1. The Balaban J connectivity index is 1.76. The van der Waals surface area contributed by atoms with Crippen LogP contribution >= 0.6 is 0 Å². The first-order valence-electron chi connectivity index (χ1n) is 8.97. The van der Waals surface area contributed by atoms with Gasteiger partial charge >= 0.3 is 0 Å². The maximum absolute atomic E-state index is 13.4. The Hall–Kier alpha value is -2.23. The topological polar surface area (TPSA) is 80.2 Å². The molecule has 0 bridgehead atoms. The molecule has 28 heavy (non-hydrogen) atoms. The van der Waals surface area contributed by atoms with Crippen molar-refractivity contribution in [2.75, 3.05) is 27.0 Å². The molecule has 3 rings (SSSR count). The number of hydrogen-bond donors (Lipinski definition) is 1. The predicted octanol–water partition coefficient (Wildman–Crippen LogP) is 2.58. The van der Waals surface area contributed by atoms with Crippen LogP contribution in [0.5, 0.6) is 0 Å². The van der Waals surface area contributed by atoms with Crippen LogP contribution in [-0.4, -0.2) is 54.9 Å². The quantitative estimate of drug-likeness (QED) is 0.551. The Bertz CT molecular complexity index is 1060. The maximum Gasteiger partial charge on any atom is 0.227 e. The van der Waals surface area contributed by atoms with Crippen molar-refractivity contribution in [3.05, 3.63) is 47.7 Å². The molecule has 0 aliphatic rings. The number of aromatic amines is 1. The Morgan fingerprint density at radius 3 is 2.79 bits per heavy atom. The van der Waals surface area contributed by atoms with E-state index < -0.39 is 9.84 Å². The summed E-state index contributed by atoms with van der Waals surface area (Å²) >= 11 is 0. The Kier molecular flexibility index (Phi) is 6.17. The molecule has 1 aromatic carbocycles. The summed E-state index contributed by atoms with van der Waals surface area (Å²) in [5.74, 6) is -0.264. The van der Waals surface area contributed by atoms with Crippen molar-refractivity contribution in [1.82, 2.24) is 19.4 Å². The summed E-state index contributed by atoms with van der Waals surface area (Å²) < 4.78 is 44.3. The number of nitrogens with zero attached hydrogens (tertiary/aromatic N) is 3. The van der Waals surface area contributed by atoms with Gasteiger partial charge in [0.05, 0.1) is 11.9 Å². The minimum Gasteiger partial charge on any atom is -0.385 e. The van der Waals surface area contributed by atoms with E-state index in [-0.39, 0.29) is 11.0 Å². The Labute approximate surface area is 164 Å². The standard InChI is InChI=1S/C19H25FN4O3S/c1-23(12-16-10-14-9-15(20)5-6-18(14)22-16)13-17-11-21-19(28(3,25)26)24(17)7-4-8-27-2/h5-6,9-11,22H,4,7-8,12-13H2,1-3H3. The van der Waals surface area contributed by atoms with Crippen LogP contribution in [-0.2, 0) is 34.2 Å². The fraction of sp³-hybridized carbons (Fsp3) is 0.421. The third-order valence-corrected chi connectivity index (χ3v) is 5.46. The van der Waals surface area contributed by atoms with Gasteiger partial charge in [-0.3, -0.25) is 4.90 Å². The van der Waals surface area contributed by atoms with Crippen LogP contribution in [0.3, 0.4) is 0 Å². The second kappa shape index (κ2) is 8.42. The fourth-order valence-electron chi connectivity index (χ4n) is 3.29. The number of fused-ring (bicyclic) bond motifs is 1. The SMILES string of the molecule is COCCCn1c(CN(C)Cc2cc3cc(F)ccc3[nH]2)cnc1S(C)(=O)=O. The van der Waals surface area contributed by atoms with E-state index in [1.54, 1.807) is 23.9 Å². The number of nitrogens with one attached hydrogen (secondary N) is 1. The summed E-state index contributed by atoms with van der Waals surface area (Å²) in [6, 6.07) is 6.57. The van der Waals surface area contributed by atoms with Crippen molar-refractivity contribution in [2.45, 2.75) is 31.2 Å². The highest BCUT2D eigenvalue weighted by Gasteiger charge is 2.19. The van der Waals surface area contributed by atoms with Crippen molar-refractivity contribution >= 4 is 20.7 Å². The summed E-state index contributed by atoms with van der Waals surface area (Å²) in [5, 5.41) is 0.903. The van der Waals surface area contributed by atoms with E-state index in [9.17, 15) is 12.8 Å². The van der Waals surface area contributed by atoms with Crippen molar-refractivity contribution in [3.63, 3.8) is 0 Å². The molecule has 0 fully saturated rings. The van der Waals surface area contributed by atoms with Gasteiger partial charge in [0.25, 0.3) is 0 Å². The predicted molar refractivity (Wildman–Crippen MR) is 105 cm³/mol. The Morgan fingerprint density at radius 1 is 1.29 bits per heavy atom. The van der Waals surface area contributed by atoms with Gasteiger partial charge in [0.2, 0.25) is 15.0 Å². The number of benzene rings is 1. The number of ether oxygens (including phenoxy) is 1. The Morgan fingerprint density at radius 2 is 2.07 bits per heavy atom. The van der Waals surface area contributed by atoms with E-state index in [1.807, 2.05) is 13.1 Å². The molecule has 0 atom stereocenters. The van der Waals surface area contributed by atoms with Gasteiger partial charge in [-0.25, -0.2) is 17.8 Å². The van der Waals surface area contributed by atoms with Crippen molar-refractivity contribution in [1.29, 1.82) is 0 Å². The van der Waals surface area contributed by atoms with Crippen LogP contribution in [0, 0.1) is 5.82 Å². The smallest absolute Gasteiger partial charge is 0.227 e. The van der Waals surface area contributed by atoms with Gasteiger partial charge in [-0.15, -0.1) is 0 Å². The van der Waals surface area contributed by atoms with E-state index in [0.29, 0.717) is 32.7 Å². The fourth-order valence-corrected chi connectivity index (χ4v) is 4.15. The van der Waals surface area contributed by atoms with Crippen molar-refractivity contribution in [2.24, 2.45) is 0 Å². The average molecular weight is 408 g/mol. The zero-order valence-corrected chi connectivity index (χ0v) is 17.1. The molecule has 152 valence electrons. The van der Waals surface area contributed by atoms with Crippen LogP contribution in [0.15, 0.2) is 35.6 Å². The zero-order valence-electron chi connectivity index (χ0n) is 16.3. The van der Waals surface area contributed by atoms with Gasteiger partial charge < -0.3 is 14.3 Å². The highest BCUT2D eigenvalue weighted by Crippen LogP contribution is 2.19. The van der Waals surface area contributed by atoms with Crippen LogP contribution in [0.25, 0.3) is 10.9 Å². The van der Waals surface area contributed by atoms with Crippen LogP contribution in [0.1, 0.15) is 17.8 Å². The van der Waals surface area contributed by atoms with Crippen LogP contribution in [0.4, 0.5) is 4.39 Å². The second-order valence-corrected chi connectivity index (χ2v) is 8.91. The molecule has 0 aliphatic carbocycles. The molecular weight excluding hydrogens is 383 g/mol. The first-order valence-corrected chi connectivity index (χ1v) is 10.9. The maximum atomic E-state index is 13.4. The summed E-state index contributed by atoms with van der Waals surface area (Å²) in [7, 11) is 0.145. The van der Waals surface area contributed by atoms with Gasteiger partial charge in [-0.05, 0) is 37.7 Å². The molecule has 0 aliphatic heterocycles. The molecule has 3 aromatic rings. The minimum atomic E-state index is -3.42. The molecule has 0 amide bonds. The molecular formula is C19H25FN4O3S. The van der Waals surface area contributed by atoms with E-state index in [0.717, 1.165) is 22.3 Å². The lowest BCUT2D eigenvalue weighted by atomic mass is 10.2. The molecule has 0 saturated carbocycles. The summed E-state index contributed by atoms with van der Waals surface area (Å²) in [6.45, 7) is 2.19. The summed E-state index contributed by atoms with van der Waals surface area (Å²) in [5.41, 5.74) is 2.66. The lowest BCUT2D eigenvalue weighted by molar-refractivity contribution is 0.188. The van der Waals surface area contributed by atoms with Crippen LogP contribution in [0.2, 0.25) is 0 Å². The van der Waals surface area contributed by atoms with Gasteiger partial charge in [0, 0.05) is 56.2 Å². The third kappa shape index (κ3) is 4.78. The second-order valence-electron chi connectivity index (χ2n) is 7.00. The lowest BCUT2D eigenvalue weighted by Crippen LogP contribution is -2.21. The molecule has 0 spiro atoms. The van der Waals surface area contributed by atoms with Crippen LogP contribution < -0.4 is 0 Å². The first-order chi connectivity index (χ1) is 13.3. The number of H-pyrrole nitrogens is 1. The van der Waals surface area contributed by atoms with Gasteiger partial charge in [0.1, 0.15) is 5.82 Å². The summed E-state index contributed by atoms with van der Waals surface area (Å²) in [4.78, 5) is 9.46. The largest absolute Gasteiger partial charge is 0.385 e. The number of hydrogen-bond acceptors (Lipinski definition) is 5. The van der Waals surface area contributed by atoms with Crippen molar-refractivity contribution < 1.29 is 17.5 Å². The van der Waals surface area contributed by atoms with E-state index in [2.05, 4.69) is 14.9 Å². The molecule has 0 radical (unpaired) electrons. The molecule has 2 heterocycles. The third-order valence-electron chi connectivity index (χ3n) is 4.47. The molecule has 9 heteroatoms. The van der Waals surface area contributed by atoms with E-state index >= 15 is 0 Å². The molecule has 0 saturated heterocycles. The van der Waals surface area contributed by atoms with E-state index in [1.165, 1.54) is 18.4 Å².